The molecule has 0 radical (unpaired) electrons. The van der Waals surface area contributed by atoms with Crippen molar-refractivity contribution in [3.63, 3.8) is 0 Å². The predicted octanol–water partition coefficient (Wildman–Crippen LogP) is -0.0951. The number of hydrogen-bond acceptors (Lipinski definition) is 4. The Hall–Kier alpha value is -0.940. The highest BCUT2D eigenvalue weighted by Gasteiger charge is 2.45. The summed E-state index contributed by atoms with van der Waals surface area (Å²) in [5.41, 5.74) is -1.53. The first-order chi connectivity index (χ1) is 7.25. The second-order valence-electron chi connectivity index (χ2n) is 5.45. The lowest BCUT2D eigenvalue weighted by molar-refractivity contribution is -0.164. The number of likely N-dealkylation sites (tertiary alicyclic amines) is 1. The average Bonchev–Trinajstić information content (AvgIpc) is 2.14. The van der Waals surface area contributed by atoms with Crippen molar-refractivity contribution in [1.82, 2.24) is 4.90 Å². The first kappa shape index (κ1) is 13.1. The van der Waals surface area contributed by atoms with Crippen molar-refractivity contribution >= 4 is 11.8 Å². The zero-order valence-electron chi connectivity index (χ0n) is 9.99. The summed E-state index contributed by atoms with van der Waals surface area (Å²) in [7, 11) is 0. The number of carbonyl (C=O) groups is 2. The summed E-state index contributed by atoms with van der Waals surface area (Å²) in [6.07, 6.45) is 0.517. The van der Waals surface area contributed by atoms with Crippen LogP contribution in [0.25, 0.3) is 0 Å². The molecule has 0 aromatic rings. The number of aliphatic hydroxyl groups is 2. The fraction of sp³-hybridized carbons (Fsp3) is 0.818. The Bertz CT molecular complexity index is 287. The summed E-state index contributed by atoms with van der Waals surface area (Å²) in [4.78, 5) is 24.7. The standard InChI is InChI=1S/C11H19NO4/c1-10(2)4-8(15)12(9(16)5-10)11(3,6-13)7-14/h13-14H,4-7H2,1-3H3. The molecule has 1 fully saturated rings. The smallest absolute Gasteiger partial charge is 0.230 e. The minimum atomic E-state index is -1.19. The maximum Gasteiger partial charge on any atom is 0.230 e. The third-order valence-electron chi connectivity index (χ3n) is 2.98. The summed E-state index contributed by atoms with van der Waals surface area (Å²) in [5, 5.41) is 18.4. The van der Waals surface area contributed by atoms with Crippen LogP contribution in [0.3, 0.4) is 0 Å². The molecule has 16 heavy (non-hydrogen) atoms. The highest BCUT2D eigenvalue weighted by molar-refractivity contribution is 5.99. The van der Waals surface area contributed by atoms with Gasteiger partial charge in [-0.2, -0.15) is 0 Å². The molecular formula is C11H19NO4. The van der Waals surface area contributed by atoms with Crippen LogP contribution in [-0.2, 0) is 9.59 Å². The minimum absolute atomic E-state index is 0.258. The summed E-state index contributed by atoms with van der Waals surface area (Å²) in [6.45, 7) is 4.36. The number of piperidine rings is 1. The van der Waals surface area contributed by atoms with E-state index in [1.54, 1.807) is 0 Å². The van der Waals surface area contributed by atoms with Crippen LogP contribution in [0.2, 0.25) is 0 Å². The van der Waals surface area contributed by atoms with Gasteiger partial charge in [0.2, 0.25) is 11.8 Å². The van der Waals surface area contributed by atoms with Gasteiger partial charge in [-0.15, -0.1) is 0 Å². The number of amides is 2. The molecule has 0 spiro atoms. The molecule has 92 valence electrons. The van der Waals surface area contributed by atoms with Crippen molar-refractivity contribution in [2.24, 2.45) is 5.41 Å². The van der Waals surface area contributed by atoms with Gasteiger partial charge in [-0.3, -0.25) is 14.5 Å². The predicted molar refractivity (Wildman–Crippen MR) is 57.4 cm³/mol. The van der Waals surface area contributed by atoms with Crippen molar-refractivity contribution in [2.75, 3.05) is 13.2 Å². The molecule has 1 rings (SSSR count). The van der Waals surface area contributed by atoms with Gasteiger partial charge in [-0.25, -0.2) is 0 Å². The lowest BCUT2D eigenvalue weighted by atomic mass is 9.80. The molecule has 0 aromatic heterocycles. The number of imide groups is 1. The monoisotopic (exact) mass is 229 g/mol. The molecule has 1 aliphatic rings. The van der Waals surface area contributed by atoms with Gasteiger partial charge in [0, 0.05) is 12.8 Å². The van der Waals surface area contributed by atoms with Crippen molar-refractivity contribution in [2.45, 2.75) is 39.2 Å². The van der Waals surface area contributed by atoms with Crippen LogP contribution >= 0.6 is 0 Å². The molecule has 0 saturated carbocycles. The van der Waals surface area contributed by atoms with Crippen molar-refractivity contribution in [3.05, 3.63) is 0 Å². The summed E-state index contributed by atoms with van der Waals surface area (Å²) >= 11 is 0. The average molecular weight is 229 g/mol. The lowest BCUT2D eigenvalue weighted by Crippen LogP contribution is -2.60. The van der Waals surface area contributed by atoms with E-state index in [9.17, 15) is 19.8 Å². The minimum Gasteiger partial charge on any atom is -0.394 e. The van der Waals surface area contributed by atoms with Crippen molar-refractivity contribution in [1.29, 1.82) is 0 Å². The van der Waals surface area contributed by atoms with Crippen LogP contribution in [0.5, 0.6) is 0 Å². The zero-order valence-corrected chi connectivity index (χ0v) is 9.99. The van der Waals surface area contributed by atoms with Gasteiger partial charge in [-0.05, 0) is 12.3 Å². The van der Waals surface area contributed by atoms with E-state index in [-0.39, 0.29) is 30.1 Å². The molecule has 1 aliphatic heterocycles. The number of carbonyl (C=O) groups excluding carboxylic acids is 2. The van der Waals surface area contributed by atoms with E-state index in [0.717, 1.165) is 4.90 Å². The van der Waals surface area contributed by atoms with E-state index in [2.05, 4.69) is 0 Å². The second kappa shape index (κ2) is 4.14. The fourth-order valence-electron chi connectivity index (χ4n) is 1.97. The summed E-state index contributed by atoms with van der Waals surface area (Å²) < 4.78 is 0. The van der Waals surface area contributed by atoms with E-state index in [4.69, 9.17) is 0 Å². The topological polar surface area (TPSA) is 77.8 Å². The van der Waals surface area contributed by atoms with E-state index < -0.39 is 18.8 Å². The van der Waals surface area contributed by atoms with Crippen LogP contribution in [-0.4, -0.2) is 45.7 Å². The highest BCUT2D eigenvalue weighted by Crippen LogP contribution is 2.34. The summed E-state index contributed by atoms with van der Waals surface area (Å²) in [6, 6.07) is 0. The van der Waals surface area contributed by atoms with E-state index in [0.29, 0.717) is 0 Å². The largest absolute Gasteiger partial charge is 0.394 e. The van der Waals surface area contributed by atoms with E-state index >= 15 is 0 Å². The van der Waals surface area contributed by atoms with Gasteiger partial charge < -0.3 is 10.2 Å². The van der Waals surface area contributed by atoms with Gasteiger partial charge in [0.15, 0.2) is 0 Å². The molecule has 0 bridgehead atoms. The van der Waals surface area contributed by atoms with Gasteiger partial charge in [0.25, 0.3) is 0 Å². The van der Waals surface area contributed by atoms with Gasteiger partial charge >= 0.3 is 0 Å². The van der Waals surface area contributed by atoms with E-state index in [1.165, 1.54) is 6.92 Å². The molecule has 0 atom stereocenters. The molecular weight excluding hydrogens is 210 g/mol. The SMILES string of the molecule is CC1(C)CC(=O)N(C(C)(CO)CO)C(=O)C1. The Kier molecular flexibility index (Phi) is 3.40. The normalized spacial score (nSPS) is 21.4. The third kappa shape index (κ3) is 2.25. The molecule has 1 saturated heterocycles. The molecule has 5 heteroatoms. The Morgan fingerprint density at radius 1 is 1.19 bits per heavy atom. The highest BCUT2D eigenvalue weighted by atomic mass is 16.3. The molecule has 2 amide bonds. The Morgan fingerprint density at radius 2 is 1.56 bits per heavy atom. The number of hydrogen-bond donors (Lipinski definition) is 2. The van der Waals surface area contributed by atoms with Gasteiger partial charge in [0.05, 0.1) is 18.8 Å². The third-order valence-corrected chi connectivity index (χ3v) is 2.98. The zero-order chi connectivity index (χ0) is 12.6. The fourth-order valence-corrected chi connectivity index (χ4v) is 1.97. The van der Waals surface area contributed by atoms with Gasteiger partial charge in [-0.1, -0.05) is 13.8 Å². The van der Waals surface area contributed by atoms with Crippen molar-refractivity contribution < 1.29 is 19.8 Å². The maximum atomic E-state index is 11.9. The Labute approximate surface area is 95.1 Å². The number of rotatable bonds is 3. The lowest BCUT2D eigenvalue weighted by Gasteiger charge is -2.43. The molecule has 0 unspecified atom stereocenters. The van der Waals surface area contributed by atoms with Crippen LogP contribution in [0.15, 0.2) is 0 Å². The maximum absolute atomic E-state index is 11.9. The summed E-state index contributed by atoms with van der Waals surface area (Å²) in [5.74, 6) is -0.654. The van der Waals surface area contributed by atoms with E-state index in [1.807, 2.05) is 13.8 Å². The molecule has 2 N–H and O–H groups in total. The molecule has 0 aliphatic carbocycles. The first-order valence-corrected chi connectivity index (χ1v) is 5.33. The molecule has 5 nitrogen and oxygen atoms in total. The number of nitrogens with zero attached hydrogens (tertiary/aromatic N) is 1. The molecule has 0 aromatic carbocycles. The Balaban J connectivity index is 2.99. The Morgan fingerprint density at radius 3 is 1.88 bits per heavy atom. The van der Waals surface area contributed by atoms with Gasteiger partial charge in [0.1, 0.15) is 0 Å². The van der Waals surface area contributed by atoms with Crippen LogP contribution in [0.1, 0.15) is 33.6 Å². The number of aliphatic hydroxyl groups excluding tert-OH is 2. The van der Waals surface area contributed by atoms with Crippen molar-refractivity contribution in [3.8, 4) is 0 Å². The quantitative estimate of drug-likeness (QED) is 0.663. The van der Waals surface area contributed by atoms with Crippen LogP contribution < -0.4 is 0 Å². The molecule has 1 heterocycles. The first-order valence-electron chi connectivity index (χ1n) is 5.33. The second-order valence-corrected chi connectivity index (χ2v) is 5.45. The van der Waals surface area contributed by atoms with Crippen LogP contribution in [0, 0.1) is 5.41 Å². The van der Waals surface area contributed by atoms with Crippen LogP contribution in [0.4, 0.5) is 0 Å².